The monoisotopic (exact) mass is 476 g/mol. The Kier molecular flexibility index (Phi) is 11.1. The molecule has 1 aromatic carbocycles. The lowest BCUT2D eigenvalue weighted by Gasteiger charge is -2.25. The maximum atomic E-state index is 6.34. The number of unbranched alkanes of at least 4 members (excludes halogenated alkanes) is 2. The third-order valence-electron chi connectivity index (χ3n) is 5.38. The molecule has 0 fully saturated rings. The smallest absolute Gasteiger partial charge is 0.289 e. The number of hydrogen-bond acceptors (Lipinski definition) is 3. The SMILES string of the molecule is C=COc1cc(CCCCC)cc(O/C(=N\C)NCCCBr)c1C1C=C(C)CCC1. The second kappa shape index (κ2) is 13.5. The summed E-state index contributed by atoms with van der Waals surface area (Å²) in [6.45, 7) is 9.04. The normalized spacial score (nSPS) is 16.7. The average molecular weight is 477 g/mol. The van der Waals surface area contributed by atoms with Gasteiger partial charge in [-0.3, -0.25) is 0 Å². The van der Waals surface area contributed by atoms with Crippen molar-refractivity contribution in [3.63, 3.8) is 0 Å². The van der Waals surface area contributed by atoms with Crippen LogP contribution in [0, 0.1) is 0 Å². The summed E-state index contributed by atoms with van der Waals surface area (Å²) in [4.78, 5) is 4.33. The van der Waals surface area contributed by atoms with Crippen molar-refractivity contribution in [1.82, 2.24) is 5.32 Å². The van der Waals surface area contributed by atoms with Gasteiger partial charge in [-0.05, 0) is 63.1 Å². The molecule has 30 heavy (non-hydrogen) atoms. The van der Waals surface area contributed by atoms with Crippen LogP contribution in [0.2, 0.25) is 0 Å². The van der Waals surface area contributed by atoms with E-state index in [9.17, 15) is 0 Å². The number of allylic oxidation sites excluding steroid dienone is 2. The third-order valence-corrected chi connectivity index (χ3v) is 5.94. The largest absolute Gasteiger partial charge is 0.465 e. The fraction of sp³-hybridized carbons (Fsp3) is 0.560. The van der Waals surface area contributed by atoms with E-state index >= 15 is 0 Å². The van der Waals surface area contributed by atoms with E-state index in [-0.39, 0.29) is 5.92 Å². The van der Waals surface area contributed by atoms with Gasteiger partial charge in [0.1, 0.15) is 11.5 Å². The van der Waals surface area contributed by atoms with Crippen molar-refractivity contribution in [2.24, 2.45) is 4.99 Å². The lowest BCUT2D eigenvalue weighted by atomic mass is 9.84. The van der Waals surface area contributed by atoms with Crippen LogP contribution in [0.3, 0.4) is 0 Å². The number of alkyl halides is 1. The van der Waals surface area contributed by atoms with Crippen LogP contribution in [0.1, 0.15) is 75.8 Å². The molecule has 0 aliphatic heterocycles. The summed E-state index contributed by atoms with van der Waals surface area (Å²) >= 11 is 3.47. The first-order valence-corrected chi connectivity index (χ1v) is 12.3. The summed E-state index contributed by atoms with van der Waals surface area (Å²) in [6.07, 6.45) is 12.9. The van der Waals surface area contributed by atoms with Crippen LogP contribution in [0.4, 0.5) is 0 Å². The minimum Gasteiger partial charge on any atom is -0.465 e. The van der Waals surface area contributed by atoms with Gasteiger partial charge in [0, 0.05) is 30.4 Å². The number of nitrogens with one attached hydrogen (secondary N) is 1. The molecular weight excluding hydrogens is 440 g/mol. The van der Waals surface area contributed by atoms with Crippen LogP contribution in [-0.2, 0) is 6.42 Å². The standard InChI is InChI=1S/C25H37BrN2O2/c1-5-7-8-12-20-17-22(29-6-2)24(21-13-9-11-19(3)16-21)23(18-20)30-25(27-4)28-15-10-14-26/h6,16-18,21H,2,5,7-15H2,1,3-4H3,(H,27,28). The molecular formula is C25H37BrN2O2. The fourth-order valence-corrected chi connectivity index (χ4v) is 4.16. The van der Waals surface area contributed by atoms with Gasteiger partial charge in [-0.25, -0.2) is 4.99 Å². The van der Waals surface area contributed by atoms with Crippen LogP contribution in [-0.4, -0.2) is 24.9 Å². The van der Waals surface area contributed by atoms with E-state index in [2.05, 4.69) is 64.9 Å². The molecule has 1 N–H and O–H groups in total. The van der Waals surface area contributed by atoms with Gasteiger partial charge in [0.2, 0.25) is 0 Å². The van der Waals surface area contributed by atoms with Gasteiger partial charge >= 0.3 is 0 Å². The Morgan fingerprint density at radius 2 is 2.10 bits per heavy atom. The number of rotatable bonds is 11. The molecule has 1 aliphatic rings. The number of ether oxygens (including phenoxy) is 2. The van der Waals surface area contributed by atoms with Gasteiger partial charge in [0.15, 0.2) is 0 Å². The van der Waals surface area contributed by atoms with Crippen LogP contribution < -0.4 is 14.8 Å². The highest BCUT2D eigenvalue weighted by Gasteiger charge is 2.24. The zero-order valence-electron chi connectivity index (χ0n) is 18.8. The summed E-state index contributed by atoms with van der Waals surface area (Å²) in [5.41, 5.74) is 3.75. The zero-order valence-corrected chi connectivity index (χ0v) is 20.4. The molecule has 0 saturated carbocycles. The first kappa shape index (κ1) is 24.5. The second-order valence-corrected chi connectivity index (χ2v) is 8.65. The Balaban J connectivity index is 2.44. The molecule has 0 saturated heterocycles. The summed E-state index contributed by atoms with van der Waals surface area (Å²) in [5, 5.41) is 4.25. The maximum Gasteiger partial charge on any atom is 0.289 e. The first-order valence-electron chi connectivity index (χ1n) is 11.2. The molecule has 1 aromatic rings. The van der Waals surface area contributed by atoms with E-state index in [1.165, 1.54) is 36.7 Å². The molecule has 4 nitrogen and oxygen atoms in total. The Morgan fingerprint density at radius 3 is 2.77 bits per heavy atom. The highest BCUT2D eigenvalue weighted by molar-refractivity contribution is 9.09. The van der Waals surface area contributed by atoms with Crippen molar-refractivity contribution in [3.05, 3.63) is 47.7 Å². The third kappa shape index (κ3) is 7.50. The summed E-state index contributed by atoms with van der Waals surface area (Å²) in [6, 6.07) is 4.89. The van der Waals surface area contributed by atoms with Gasteiger partial charge in [-0.15, -0.1) is 0 Å². The summed E-state index contributed by atoms with van der Waals surface area (Å²) in [5.74, 6) is 1.96. The molecule has 1 unspecified atom stereocenters. The molecule has 5 heteroatoms. The fourth-order valence-electron chi connectivity index (χ4n) is 3.88. The Hall–Kier alpha value is -1.75. The van der Waals surface area contributed by atoms with Crippen molar-refractivity contribution < 1.29 is 9.47 Å². The molecule has 1 atom stereocenters. The van der Waals surface area contributed by atoms with Crippen molar-refractivity contribution in [2.75, 3.05) is 18.9 Å². The summed E-state index contributed by atoms with van der Waals surface area (Å²) < 4.78 is 12.3. The molecule has 0 spiro atoms. The summed E-state index contributed by atoms with van der Waals surface area (Å²) in [7, 11) is 1.76. The van der Waals surface area contributed by atoms with Crippen LogP contribution in [0.15, 0.2) is 41.6 Å². The van der Waals surface area contributed by atoms with E-state index in [0.29, 0.717) is 6.02 Å². The lowest BCUT2D eigenvalue weighted by Crippen LogP contribution is -2.30. The molecule has 0 heterocycles. The van der Waals surface area contributed by atoms with Crippen LogP contribution >= 0.6 is 15.9 Å². The van der Waals surface area contributed by atoms with Crippen LogP contribution in [0.25, 0.3) is 0 Å². The van der Waals surface area contributed by atoms with E-state index in [0.717, 1.165) is 61.0 Å². The Labute approximate surface area is 191 Å². The highest BCUT2D eigenvalue weighted by atomic mass is 79.9. The quantitative estimate of drug-likeness (QED) is 0.0942. The molecule has 0 aromatic heterocycles. The van der Waals surface area contributed by atoms with Gasteiger partial charge < -0.3 is 14.8 Å². The number of halogens is 1. The molecule has 1 aliphatic carbocycles. The van der Waals surface area contributed by atoms with Gasteiger partial charge in [0.05, 0.1) is 6.26 Å². The highest BCUT2D eigenvalue weighted by Crippen LogP contribution is 2.43. The van der Waals surface area contributed by atoms with E-state index < -0.39 is 0 Å². The van der Waals surface area contributed by atoms with Gasteiger partial charge in [0.25, 0.3) is 6.02 Å². The predicted octanol–water partition coefficient (Wildman–Crippen LogP) is 6.89. The van der Waals surface area contributed by atoms with E-state index in [1.807, 2.05) is 0 Å². The molecule has 2 rings (SSSR count). The lowest BCUT2D eigenvalue weighted by molar-refractivity contribution is 0.450. The van der Waals surface area contributed by atoms with Crippen molar-refractivity contribution in [1.29, 1.82) is 0 Å². The zero-order chi connectivity index (χ0) is 21.8. The Morgan fingerprint density at radius 1 is 1.30 bits per heavy atom. The Bertz CT molecular complexity index is 743. The van der Waals surface area contributed by atoms with Gasteiger partial charge in [-0.1, -0.05) is 53.9 Å². The topological polar surface area (TPSA) is 42.9 Å². The minimum atomic E-state index is 0.272. The molecule has 0 bridgehead atoms. The molecule has 0 radical (unpaired) electrons. The first-order chi connectivity index (χ1) is 14.6. The van der Waals surface area contributed by atoms with E-state index in [1.54, 1.807) is 7.05 Å². The second-order valence-electron chi connectivity index (χ2n) is 7.86. The number of hydrogen-bond donors (Lipinski definition) is 1. The minimum absolute atomic E-state index is 0.272. The maximum absolute atomic E-state index is 6.34. The van der Waals surface area contributed by atoms with Crippen LogP contribution in [0.5, 0.6) is 11.5 Å². The van der Waals surface area contributed by atoms with Crippen molar-refractivity contribution >= 4 is 22.0 Å². The predicted molar refractivity (Wildman–Crippen MR) is 131 cm³/mol. The van der Waals surface area contributed by atoms with Crippen molar-refractivity contribution in [2.45, 2.75) is 71.1 Å². The number of benzene rings is 1. The van der Waals surface area contributed by atoms with Crippen molar-refractivity contribution in [3.8, 4) is 11.5 Å². The number of aryl methyl sites for hydroxylation is 1. The number of nitrogens with zero attached hydrogens (tertiary/aromatic N) is 1. The van der Waals surface area contributed by atoms with Gasteiger partial charge in [-0.2, -0.15) is 0 Å². The van der Waals surface area contributed by atoms with E-state index in [4.69, 9.17) is 9.47 Å². The molecule has 166 valence electrons. The number of amidine groups is 1. The molecule has 0 amide bonds. The average Bonchev–Trinajstić information content (AvgIpc) is 2.73. The number of aliphatic imine (C=N–C) groups is 1.